The van der Waals surface area contributed by atoms with Crippen molar-refractivity contribution in [2.24, 2.45) is 4.40 Å². The molecule has 8 heteroatoms. The Morgan fingerprint density at radius 1 is 1.05 bits per heavy atom. The third-order valence-corrected chi connectivity index (χ3v) is 3.92. The topological polar surface area (TPSA) is 121 Å². The zero-order chi connectivity index (χ0) is 16.0. The van der Waals surface area contributed by atoms with E-state index < -0.39 is 28.4 Å². The van der Waals surface area contributed by atoms with E-state index >= 15 is 0 Å². The minimum Gasteiger partial charge on any atom is -0.481 e. The summed E-state index contributed by atoms with van der Waals surface area (Å²) in [7, 11) is -4.04. The fourth-order valence-corrected chi connectivity index (χ4v) is 2.61. The molecule has 0 bridgehead atoms. The van der Waals surface area contributed by atoms with Gasteiger partial charge in [-0.3, -0.25) is 9.59 Å². The van der Waals surface area contributed by atoms with Crippen LogP contribution < -0.4 is 0 Å². The molecule has 0 atom stereocenters. The molecule has 0 aliphatic heterocycles. The van der Waals surface area contributed by atoms with Gasteiger partial charge in [0, 0.05) is 5.71 Å². The first kappa shape index (κ1) is 16.8. The zero-order valence-corrected chi connectivity index (χ0v) is 12.1. The van der Waals surface area contributed by atoms with Crippen LogP contribution in [0, 0.1) is 6.92 Å². The van der Waals surface area contributed by atoms with Gasteiger partial charge < -0.3 is 10.2 Å². The number of carbonyl (C=O) groups is 2. The van der Waals surface area contributed by atoms with Gasteiger partial charge in [0.25, 0.3) is 10.0 Å². The van der Waals surface area contributed by atoms with Gasteiger partial charge >= 0.3 is 11.9 Å². The number of rotatable bonds is 7. The number of hydrogen-bond donors (Lipinski definition) is 2. The monoisotopic (exact) mass is 313 g/mol. The summed E-state index contributed by atoms with van der Waals surface area (Å²) >= 11 is 0. The minimum atomic E-state index is -4.04. The molecule has 0 fully saturated rings. The van der Waals surface area contributed by atoms with Crippen molar-refractivity contribution in [1.29, 1.82) is 0 Å². The molecule has 21 heavy (non-hydrogen) atoms. The Hall–Kier alpha value is -2.22. The van der Waals surface area contributed by atoms with Crippen molar-refractivity contribution in [3.63, 3.8) is 0 Å². The first-order valence-electron chi connectivity index (χ1n) is 6.03. The molecule has 1 rings (SSSR count). The van der Waals surface area contributed by atoms with Crippen LogP contribution in [0.25, 0.3) is 0 Å². The standard InChI is InChI=1S/C13H15NO6S/c1-9-2-5-11(6-3-9)21(19,20)14-10(8-13(17)18)4-7-12(15)16/h2-3,5-6H,4,7-8H2,1H3,(H,15,16)(H,17,18). The van der Waals surface area contributed by atoms with E-state index in [2.05, 4.69) is 4.40 Å². The number of carboxylic acids is 2. The fraction of sp³-hybridized carbons (Fsp3) is 0.308. The molecule has 0 saturated heterocycles. The zero-order valence-electron chi connectivity index (χ0n) is 11.3. The maximum absolute atomic E-state index is 12.1. The molecule has 2 N–H and O–H groups in total. The summed E-state index contributed by atoms with van der Waals surface area (Å²) in [5, 5.41) is 17.3. The maximum Gasteiger partial charge on any atom is 0.309 e. The van der Waals surface area contributed by atoms with Crippen molar-refractivity contribution in [2.45, 2.75) is 31.1 Å². The molecule has 0 aliphatic carbocycles. The van der Waals surface area contributed by atoms with Gasteiger partial charge in [0.1, 0.15) is 0 Å². The van der Waals surface area contributed by atoms with Crippen LogP contribution in [-0.4, -0.2) is 36.3 Å². The minimum absolute atomic E-state index is 0.0636. The van der Waals surface area contributed by atoms with Gasteiger partial charge in [-0.25, -0.2) is 0 Å². The average Bonchev–Trinajstić information content (AvgIpc) is 2.35. The molecule has 114 valence electrons. The summed E-state index contributed by atoms with van der Waals surface area (Å²) < 4.78 is 27.6. The second-order valence-corrected chi connectivity index (χ2v) is 6.01. The van der Waals surface area contributed by atoms with Crippen LogP contribution >= 0.6 is 0 Å². The van der Waals surface area contributed by atoms with Crippen molar-refractivity contribution in [2.75, 3.05) is 0 Å². The Bertz CT molecular complexity index is 660. The van der Waals surface area contributed by atoms with Crippen LogP contribution in [0.4, 0.5) is 0 Å². The van der Waals surface area contributed by atoms with Gasteiger partial charge in [-0.15, -0.1) is 0 Å². The third kappa shape index (κ3) is 5.74. The summed E-state index contributed by atoms with van der Waals surface area (Å²) in [5.74, 6) is -2.42. The SMILES string of the molecule is Cc1ccc(S(=O)(=O)N=C(CCC(=O)O)CC(=O)O)cc1. The van der Waals surface area contributed by atoms with Crippen LogP contribution in [0.1, 0.15) is 24.8 Å². The molecular formula is C13H15NO6S. The van der Waals surface area contributed by atoms with Crippen LogP contribution in [-0.2, 0) is 19.6 Å². The van der Waals surface area contributed by atoms with Crippen molar-refractivity contribution in [3.05, 3.63) is 29.8 Å². The number of aliphatic carboxylic acids is 2. The molecular weight excluding hydrogens is 298 g/mol. The Balaban J connectivity index is 3.08. The van der Waals surface area contributed by atoms with E-state index in [1.807, 2.05) is 0 Å². The van der Waals surface area contributed by atoms with E-state index in [0.717, 1.165) is 5.56 Å². The summed E-state index contributed by atoms with van der Waals surface area (Å²) in [6.45, 7) is 1.79. The number of hydrogen-bond acceptors (Lipinski definition) is 4. The number of sulfonamides is 1. The summed E-state index contributed by atoms with van der Waals surface area (Å²) in [4.78, 5) is 21.1. The highest BCUT2D eigenvalue weighted by atomic mass is 32.2. The van der Waals surface area contributed by atoms with E-state index in [-0.39, 0.29) is 23.4 Å². The maximum atomic E-state index is 12.1. The van der Waals surface area contributed by atoms with Gasteiger partial charge in [0.2, 0.25) is 0 Å². The van der Waals surface area contributed by atoms with Gasteiger partial charge in [-0.1, -0.05) is 17.7 Å². The Labute approximate surface area is 122 Å². The third-order valence-electron chi connectivity index (χ3n) is 2.55. The first-order valence-corrected chi connectivity index (χ1v) is 7.47. The second-order valence-electron chi connectivity index (χ2n) is 4.41. The van der Waals surface area contributed by atoms with Crippen LogP contribution in [0.3, 0.4) is 0 Å². The molecule has 0 heterocycles. The average molecular weight is 313 g/mol. The second kappa shape index (κ2) is 6.98. The quantitative estimate of drug-likeness (QED) is 0.735. The van der Waals surface area contributed by atoms with Crippen molar-refractivity contribution < 1.29 is 28.2 Å². The van der Waals surface area contributed by atoms with Gasteiger partial charge in [-0.2, -0.15) is 12.8 Å². The van der Waals surface area contributed by atoms with Crippen LogP contribution in [0.5, 0.6) is 0 Å². The number of nitrogens with zero attached hydrogens (tertiary/aromatic N) is 1. The Kier molecular flexibility index (Phi) is 5.60. The highest BCUT2D eigenvalue weighted by molar-refractivity contribution is 7.90. The van der Waals surface area contributed by atoms with Crippen LogP contribution in [0.2, 0.25) is 0 Å². The normalized spacial score (nSPS) is 12.1. The molecule has 1 aromatic rings. The van der Waals surface area contributed by atoms with E-state index in [1.165, 1.54) is 12.1 Å². The highest BCUT2D eigenvalue weighted by Gasteiger charge is 2.16. The van der Waals surface area contributed by atoms with Crippen molar-refractivity contribution in [3.8, 4) is 0 Å². The van der Waals surface area contributed by atoms with Gasteiger partial charge in [-0.05, 0) is 25.5 Å². The fourth-order valence-electron chi connectivity index (χ4n) is 1.52. The van der Waals surface area contributed by atoms with Gasteiger partial charge in [0.05, 0.1) is 17.7 Å². The first-order chi connectivity index (χ1) is 9.70. The largest absolute Gasteiger partial charge is 0.481 e. The lowest BCUT2D eigenvalue weighted by Crippen LogP contribution is -2.12. The summed E-state index contributed by atoms with van der Waals surface area (Å²) in [6, 6.07) is 5.92. The molecule has 0 unspecified atom stereocenters. The molecule has 0 amide bonds. The molecule has 7 nitrogen and oxygen atoms in total. The molecule has 0 spiro atoms. The summed E-state index contributed by atoms with van der Waals surface area (Å²) in [5.41, 5.74) is 0.681. The van der Waals surface area contributed by atoms with E-state index in [9.17, 15) is 18.0 Å². The molecule has 1 aromatic carbocycles. The Morgan fingerprint density at radius 2 is 1.62 bits per heavy atom. The lowest BCUT2D eigenvalue weighted by atomic mass is 10.1. The van der Waals surface area contributed by atoms with Gasteiger partial charge in [0.15, 0.2) is 0 Å². The van der Waals surface area contributed by atoms with Crippen molar-refractivity contribution >= 4 is 27.7 Å². The predicted octanol–water partition coefficient (Wildman–Crippen LogP) is 1.46. The highest BCUT2D eigenvalue weighted by Crippen LogP contribution is 2.15. The molecule has 0 aromatic heterocycles. The van der Waals surface area contributed by atoms with Crippen molar-refractivity contribution in [1.82, 2.24) is 0 Å². The lowest BCUT2D eigenvalue weighted by molar-refractivity contribution is -0.137. The summed E-state index contributed by atoms with van der Waals surface area (Å²) in [6.07, 6.45) is -1.22. The number of carboxylic acid groups (broad SMARTS) is 2. The van der Waals surface area contributed by atoms with Crippen LogP contribution in [0.15, 0.2) is 33.6 Å². The van der Waals surface area contributed by atoms with E-state index in [1.54, 1.807) is 19.1 Å². The number of aryl methyl sites for hydroxylation is 1. The molecule has 0 aliphatic rings. The van der Waals surface area contributed by atoms with E-state index in [4.69, 9.17) is 10.2 Å². The smallest absolute Gasteiger partial charge is 0.309 e. The predicted molar refractivity (Wildman–Crippen MR) is 74.9 cm³/mol. The van der Waals surface area contributed by atoms with E-state index in [0.29, 0.717) is 0 Å². The Morgan fingerprint density at radius 3 is 2.10 bits per heavy atom. The lowest BCUT2D eigenvalue weighted by Gasteiger charge is -2.04. The molecule has 0 radical (unpaired) electrons. The molecule has 0 saturated carbocycles. The number of benzene rings is 1.